The van der Waals surface area contributed by atoms with Crippen molar-refractivity contribution in [3.63, 3.8) is 0 Å². The zero-order valence-corrected chi connectivity index (χ0v) is 10.7. The van der Waals surface area contributed by atoms with Crippen LogP contribution in [0.4, 0.5) is 0 Å². The molecule has 2 heteroatoms. The summed E-state index contributed by atoms with van der Waals surface area (Å²) >= 11 is 0. The first-order chi connectivity index (χ1) is 6.57. The van der Waals surface area contributed by atoms with E-state index in [1.807, 2.05) is 0 Å². The maximum atomic E-state index is 2.52. The van der Waals surface area contributed by atoms with Crippen LogP contribution in [0.3, 0.4) is 0 Å². The van der Waals surface area contributed by atoms with Gasteiger partial charge >= 0.3 is 0 Å². The maximum Gasteiger partial charge on any atom is 0.00324 e. The van der Waals surface area contributed by atoms with E-state index in [9.17, 15) is 0 Å². The van der Waals surface area contributed by atoms with Crippen LogP contribution in [0.25, 0.3) is 0 Å². The molecule has 1 aliphatic heterocycles. The van der Waals surface area contributed by atoms with E-state index in [1.165, 1.54) is 38.9 Å². The van der Waals surface area contributed by atoms with Crippen LogP contribution >= 0.6 is 0 Å². The minimum Gasteiger partial charge on any atom is -0.307 e. The summed E-state index contributed by atoms with van der Waals surface area (Å²) in [5.74, 6) is 0. The molecule has 2 nitrogen and oxygen atoms in total. The SMILES string of the molecule is CC(C)N(C)C.CCN1CCCCC1. The molecule has 0 N–H and O–H groups in total. The van der Waals surface area contributed by atoms with Crippen LogP contribution in [0.5, 0.6) is 0 Å². The predicted octanol–water partition coefficient (Wildman–Crippen LogP) is 2.45. The third-order valence-corrected chi connectivity index (χ3v) is 2.93. The molecule has 14 heavy (non-hydrogen) atoms. The van der Waals surface area contributed by atoms with E-state index in [-0.39, 0.29) is 0 Å². The molecule has 0 aromatic heterocycles. The van der Waals surface area contributed by atoms with Gasteiger partial charge in [0.2, 0.25) is 0 Å². The lowest BCUT2D eigenvalue weighted by molar-refractivity contribution is 0.240. The van der Waals surface area contributed by atoms with E-state index in [0.717, 1.165) is 0 Å². The Hall–Kier alpha value is -0.0800. The average molecular weight is 200 g/mol. The zero-order valence-electron chi connectivity index (χ0n) is 10.7. The van der Waals surface area contributed by atoms with E-state index in [4.69, 9.17) is 0 Å². The molecule has 86 valence electrons. The summed E-state index contributed by atoms with van der Waals surface area (Å²) in [6.45, 7) is 10.5. The lowest BCUT2D eigenvalue weighted by Gasteiger charge is -2.24. The molecule has 1 heterocycles. The fourth-order valence-electron chi connectivity index (χ4n) is 1.28. The van der Waals surface area contributed by atoms with E-state index in [2.05, 4.69) is 44.7 Å². The predicted molar refractivity (Wildman–Crippen MR) is 64.8 cm³/mol. The van der Waals surface area contributed by atoms with Crippen molar-refractivity contribution in [1.29, 1.82) is 0 Å². The van der Waals surface area contributed by atoms with Gasteiger partial charge in [-0.05, 0) is 60.4 Å². The van der Waals surface area contributed by atoms with Crippen molar-refractivity contribution in [3.05, 3.63) is 0 Å². The summed E-state index contributed by atoms with van der Waals surface area (Å²) < 4.78 is 0. The smallest absolute Gasteiger partial charge is 0.00324 e. The van der Waals surface area contributed by atoms with Crippen LogP contribution in [0, 0.1) is 0 Å². The van der Waals surface area contributed by atoms with Crippen molar-refractivity contribution < 1.29 is 0 Å². The Bertz CT molecular complexity index is 109. The van der Waals surface area contributed by atoms with Crippen LogP contribution < -0.4 is 0 Å². The van der Waals surface area contributed by atoms with Gasteiger partial charge in [0, 0.05) is 6.04 Å². The van der Waals surface area contributed by atoms with Crippen molar-refractivity contribution in [2.24, 2.45) is 0 Å². The average Bonchev–Trinajstić information content (AvgIpc) is 2.20. The van der Waals surface area contributed by atoms with Gasteiger partial charge in [0.25, 0.3) is 0 Å². The van der Waals surface area contributed by atoms with E-state index in [1.54, 1.807) is 0 Å². The maximum absolute atomic E-state index is 2.52. The number of likely N-dealkylation sites (tertiary alicyclic amines) is 1. The molecule has 1 rings (SSSR count). The molecule has 0 bridgehead atoms. The molecule has 0 aromatic rings. The summed E-state index contributed by atoms with van der Waals surface area (Å²) in [6.07, 6.45) is 4.30. The molecule has 1 fully saturated rings. The van der Waals surface area contributed by atoms with Crippen LogP contribution in [0.2, 0.25) is 0 Å². The molecule has 0 amide bonds. The quantitative estimate of drug-likeness (QED) is 0.675. The number of rotatable bonds is 2. The summed E-state index contributed by atoms with van der Waals surface area (Å²) in [5, 5.41) is 0. The third-order valence-electron chi connectivity index (χ3n) is 2.93. The number of hydrogen-bond donors (Lipinski definition) is 0. The second kappa shape index (κ2) is 8.25. The molecule has 0 unspecified atom stereocenters. The summed E-state index contributed by atoms with van der Waals surface area (Å²) in [5.41, 5.74) is 0. The molecule has 0 aliphatic carbocycles. The highest BCUT2D eigenvalue weighted by molar-refractivity contribution is 4.61. The molecule has 0 spiro atoms. The Morgan fingerprint density at radius 2 is 1.50 bits per heavy atom. The Kier molecular flexibility index (Phi) is 8.20. The number of piperidine rings is 1. The van der Waals surface area contributed by atoms with Crippen LogP contribution in [0.1, 0.15) is 40.0 Å². The molecular formula is C12H28N2. The molecule has 1 aliphatic rings. The van der Waals surface area contributed by atoms with Crippen LogP contribution in [0.15, 0.2) is 0 Å². The highest BCUT2D eigenvalue weighted by Gasteiger charge is 2.05. The van der Waals surface area contributed by atoms with Gasteiger partial charge in [-0.15, -0.1) is 0 Å². The zero-order chi connectivity index (χ0) is 11.0. The second-order valence-corrected chi connectivity index (χ2v) is 4.55. The topological polar surface area (TPSA) is 6.48 Å². The first-order valence-corrected chi connectivity index (χ1v) is 5.96. The van der Waals surface area contributed by atoms with E-state index in [0.29, 0.717) is 6.04 Å². The number of hydrogen-bond acceptors (Lipinski definition) is 2. The molecule has 0 aromatic carbocycles. The lowest BCUT2D eigenvalue weighted by atomic mass is 10.1. The molecule has 0 saturated carbocycles. The minimum atomic E-state index is 0.685. The van der Waals surface area contributed by atoms with Crippen molar-refractivity contribution in [3.8, 4) is 0 Å². The Balaban J connectivity index is 0.000000255. The monoisotopic (exact) mass is 200 g/mol. The minimum absolute atomic E-state index is 0.685. The van der Waals surface area contributed by atoms with Gasteiger partial charge in [-0.1, -0.05) is 13.3 Å². The fraction of sp³-hybridized carbons (Fsp3) is 1.00. The molecular weight excluding hydrogens is 172 g/mol. The van der Waals surface area contributed by atoms with Gasteiger partial charge in [-0.2, -0.15) is 0 Å². The van der Waals surface area contributed by atoms with Crippen molar-refractivity contribution in [1.82, 2.24) is 9.80 Å². The normalized spacial score (nSPS) is 18.2. The van der Waals surface area contributed by atoms with Crippen LogP contribution in [-0.4, -0.2) is 49.6 Å². The van der Waals surface area contributed by atoms with Gasteiger partial charge in [0.05, 0.1) is 0 Å². The summed E-state index contributed by atoms with van der Waals surface area (Å²) in [7, 11) is 4.15. The van der Waals surface area contributed by atoms with Gasteiger partial charge in [0.15, 0.2) is 0 Å². The first kappa shape index (κ1) is 13.9. The van der Waals surface area contributed by atoms with Gasteiger partial charge in [-0.3, -0.25) is 0 Å². The highest BCUT2D eigenvalue weighted by Crippen LogP contribution is 2.06. The fourth-order valence-corrected chi connectivity index (χ4v) is 1.28. The van der Waals surface area contributed by atoms with Gasteiger partial charge in [0.1, 0.15) is 0 Å². The van der Waals surface area contributed by atoms with Crippen molar-refractivity contribution in [2.75, 3.05) is 33.7 Å². The summed E-state index contributed by atoms with van der Waals surface area (Å²) in [6, 6.07) is 0.685. The molecule has 0 atom stereocenters. The van der Waals surface area contributed by atoms with Gasteiger partial charge in [-0.25, -0.2) is 0 Å². The highest BCUT2D eigenvalue weighted by atomic mass is 15.1. The first-order valence-electron chi connectivity index (χ1n) is 5.96. The lowest BCUT2D eigenvalue weighted by Crippen LogP contribution is -2.29. The number of nitrogens with zero attached hydrogens (tertiary/aromatic N) is 2. The Morgan fingerprint density at radius 1 is 1.07 bits per heavy atom. The van der Waals surface area contributed by atoms with E-state index >= 15 is 0 Å². The largest absolute Gasteiger partial charge is 0.307 e. The molecule has 0 radical (unpaired) electrons. The third kappa shape index (κ3) is 7.34. The standard InChI is InChI=1S/C7H15N.C5H13N/c1-2-8-6-4-3-5-7-8;1-5(2)6(3)4/h2-7H2,1H3;5H,1-4H3. The Labute approximate surface area is 90.3 Å². The van der Waals surface area contributed by atoms with Gasteiger partial charge < -0.3 is 9.80 Å². The van der Waals surface area contributed by atoms with Crippen LogP contribution in [-0.2, 0) is 0 Å². The van der Waals surface area contributed by atoms with Crippen molar-refractivity contribution in [2.45, 2.75) is 46.1 Å². The Morgan fingerprint density at radius 3 is 1.71 bits per heavy atom. The van der Waals surface area contributed by atoms with Crippen molar-refractivity contribution >= 4 is 0 Å². The molecule has 1 saturated heterocycles. The summed E-state index contributed by atoms with van der Waals surface area (Å²) in [4.78, 5) is 4.68. The van der Waals surface area contributed by atoms with E-state index < -0.39 is 0 Å². The second-order valence-electron chi connectivity index (χ2n) is 4.55.